The van der Waals surface area contributed by atoms with E-state index in [1.807, 2.05) is 18.2 Å². The van der Waals surface area contributed by atoms with Crippen molar-refractivity contribution in [1.29, 1.82) is 0 Å². The van der Waals surface area contributed by atoms with Crippen molar-refractivity contribution in [3.05, 3.63) is 64.6 Å². The van der Waals surface area contributed by atoms with Gasteiger partial charge < -0.3 is 9.15 Å². The van der Waals surface area contributed by atoms with Gasteiger partial charge in [0.25, 0.3) is 0 Å². The average Bonchev–Trinajstić information content (AvgIpc) is 2.83. The molecule has 5 heteroatoms. The fourth-order valence-electron chi connectivity index (χ4n) is 2.36. The molecule has 0 amide bonds. The zero-order valence-electron chi connectivity index (χ0n) is 12.1. The highest BCUT2D eigenvalue weighted by Crippen LogP contribution is 2.18. The highest BCUT2D eigenvalue weighted by Gasteiger charge is 2.10. The Morgan fingerprint density at radius 1 is 1.14 bits per heavy atom. The van der Waals surface area contributed by atoms with E-state index in [-0.39, 0.29) is 12.4 Å². The van der Waals surface area contributed by atoms with E-state index in [1.165, 1.54) is 11.5 Å². The summed E-state index contributed by atoms with van der Waals surface area (Å²) in [6.45, 7) is 2.12. The number of fused-ring (bicyclic) bond motifs is 1. The molecule has 0 atom stereocenters. The predicted octanol–water partition coefficient (Wildman–Crippen LogP) is 2.88. The van der Waals surface area contributed by atoms with Gasteiger partial charge in [-0.1, -0.05) is 24.3 Å². The Morgan fingerprint density at radius 2 is 1.86 bits per heavy atom. The minimum atomic E-state index is -0.412. The molecule has 0 spiro atoms. The van der Waals surface area contributed by atoms with Crippen LogP contribution >= 0.6 is 0 Å². The number of carbonyl (C=O) groups excluding carboxylic acids is 1. The van der Waals surface area contributed by atoms with Crippen LogP contribution in [0.25, 0.3) is 11.1 Å². The minimum Gasteiger partial charge on any atom is -0.491 e. The number of carbonyl (C=O) groups is 1. The molecule has 1 aromatic heterocycles. The summed E-state index contributed by atoms with van der Waals surface area (Å²) >= 11 is 0. The lowest BCUT2D eigenvalue weighted by Crippen LogP contribution is -2.19. The molecular formula is C17H15NO4. The number of ether oxygens (including phenoxy) is 1. The summed E-state index contributed by atoms with van der Waals surface area (Å²) < 4.78 is 12.3. The van der Waals surface area contributed by atoms with Gasteiger partial charge in [0.05, 0.1) is 17.6 Å². The normalized spacial score (nSPS) is 10.8. The quantitative estimate of drug-likeness (QED) is 0.679. The molecule has 0 N–H and O–H groups in total. The summed E-state index contributed by atoms with van der Waals surface area (Å²) in [5.74, 6) is 0.0574. The van der Waals surface area contributed by atoms with Crippen molar-refractivity contribution in [3.63, 3.8) is 0 Å². The third-order valence-electron chi connectivity index (χ3n) is 3.41. The summed E-state index contributed by atoms with van der Waals surface area (Å²) in [4.78, 5) is 23.4. The molecule has 0 saturated heterocycles. The monoisotopic (exact) mass is 297 g/mol. The second-order valence-corrected chi connectivity index (χ2v) is 4.89. The average molecular weight is 297 g/mol. The first-order valence-electron chi connectivity index (χ1n) is 6.98. The highest BCUT2D eigenvalue weighted by molar-refractivity contribution is 5.96. The second kappa shape index (κ2) is 5.89. The van der Waals surface area contributed by atoms with Gasteiger partial charge in [0.1, 0.15) is 12.4 Å². The standard InChI is InChI=1S/C17H15NO4/c1-12(19)13-6-2-4-8-15(13)21-11-10-18-14-7-3-5-9-16(14)22-17(18)20/h2-9H,10-11H2,1H3. The molecule has 0 bridgehead atoms. The Hall–Kier alpha value is -2.82. The van der Waals surface area contributed by atoms with E-state index in [4.69, 9.17) is 9.15 Å². The molecule has 0 saturated carbocycles. The van der Waals surface area contributed by atoms with Gasteiger partial charge in [0.2, 0.25) is 0 Å². The van der Waals surface area contributed by atoms with Crippen LogP contribution in [-0.2, 0) is 6.54 Å². The molecule has 0 aliphatic heterocycles. The number of nitrogens with zero attached hydrogens (tertiary/aromatic N) is 1. The molecule has 2 aromatic carbocycles. The Bertz CT molecular complexity index is 875. The van der Waals surface area contributed by atoms with Gasteiger partial charge >= 0.3 is 5.76 Å². The van der Waals surface area contributed by atoms with Crippen LogP contribution < -0.4 is 10.5 Å². The molecule has 22 heavy (non-hydrogen) atoms. The van der Waals surface area contributed by atoms with Crippen molar-refractivity contribution < 1.29 is 13.9 Å². The number of oxazole rings is 1. The zero-order chi connectivity index (χ0) is 15.5. The number of hydrogen-bond donors (Lipinski definition) is 0. The number of aromatic nitrogens is 1. The van der Waals surface area contributed by atoms with Gasteiger partial charge in [-0.25, -0.2) is 4.79 Å². The topological polar surface area (TPSA) is 61.4 Å². The van der Waals surface area contributed by atoms with Crippen LogP contribution in [0.5, 0.6) is 5.75 Å². The molecule has 0 unspecified atom stereocenters. The Balaban J connectivity index is 1.77. The fraction of sp³-hybridized carbons (Fsp3) is 0.176. The van der Waals surface area contributed by atoms with Crippen LogP contribution in [0.1, 0.15) is 17.3 Å². The number of benzene rings is 2. The third kappa shape index (κ3) is 2.65. The van der Waals surface area contributed by atoms with Gasteiger partial charge in [-0.05, 0) is 31.2 Å². The lowest BCUT2D eigenvalue weighted by molar-refractivity contribution is 0.101. The Kier molecular flexibility index (Phi) is 3.78. The van der Waals surface area contributed by atoms with E-state index in [2.05, 4.69) is 0 Å². The van der Waals surface area contributed by atoms with Crippen molar-refractivity contribution in [1.82, 2.24) is 4.57 Å². The van der Waals surface area contributed by atoms with Crippen molar-refractivity contribution >= 4 is 16.9 Å². The molecule has 0 aliphatic carbocycles. The van der Waals surface area contributed by atoms with E-state index < -0.39 is 5.76 Å². The first-order valence-corrected chi connectivity index (χ1v) is 6.98. The molecule has 1 heterocycles. The number of rotatable bonds is 5. The molecule has 0 radical (unpaired) electrons. The maximum absolute atomic E-state index is 11.8. The predicted molar refractivity (Wildman–Crippen MR) is 82.4 cm³/mol. The van der Waals surface area contributed by atoms with E-state index in [1.54, 1.807) is 30.3 Å². The first kappa shape index (κ1) is 14.1. The zero-order valence-corrected chi connectivity index (χ0v) is 12.1. The molecule has 3 rings (SSSR count). The van der Waals surface area contributed by atoms with Crippen molar-refractivity contribution in [3.8, 4) is 5.75 Å². The van der Waals surface area contributed by atoms with Crippen LogP contribution in [0.3, 0.4) is 0 Å². The lowest BCUT2D eigenvalue weighted by atomic mass is 10.1. The van der Waals surface area contributed by atoms with Gasteiger partial charge in [-0.15, -0.1) is 0 Å². The van der Waals surface area contributed by atoms with E-state index in [0.29, 0.717) is 23.4 Å². The lowest BCUT2D eigenvalue weighted by Gasteiger charge is -2.09. The largest absolute Gasteiger partial charge is 0.491 e. The van der Waals surface area contributed by atoms with Crippen LogP contribution in [0.2, 0.25) is 0 Å². The number of Topliss-reactive ketones (excluding diaryl/α,β-unsaturated/α-hetero) is 1. The van der Waals surface area contributed by atoms with Gasteiger partial charge in [0.15, 0.2) is 11.4 Å². The summed E-state index contributed by atoms with van der Waals surface area (Å²) in [6.07, 6.45) is 0. The van der Waals surface area contributed by atoms with Crippen LogP contribution in [0.4, 0.5) is 0 Å². The summed E-state index contributed by atoms with van der Waals surface area (Å²) in [5.41, 5.74) is 1.82. The molecule has 0 fully saturated rings. The molecule has 112 valence electrons. The number of para-hydroxylation sites is 3. The van der Waals surface area contributed by atoms with Gasteiger partial charge in [0, 0.05) is 0 Å². The fourth-order valence-corrected chi connectivity index (χ4v) is 2.36. The number of ketones is 1. The van der Waals surface area contributed by atoms with Crippen molar-refractivity contribution in [2.45, 2.75) is 13.5 Å². The van der Waals surface area contributed by atoms with Crippen LogP contribution in [0, 0.1) is 0 Å². The SMILES string of the molecule is CC(=O)c1ccccc1OCCn1c(=O)oc2ccccc21. The third-order valence-corrected chi connectivity index (χ3v) is 3.41. The Morgan fingerprint density at radius 3 is 2.68 bits per heavy atom. The van der Waals surface area contributed by atoms with E-state index >= 15 is 0 Å². The maximum atomic E-state index is 11.8. The summed E-state index contributed by atoms with van der Waals surface area (Å²) in [6, 6.07) is 14.3. The summed E-state index contributed by atoms with van der Waals surface area (Å²) in [7, 11) is 0. The van der Waals surface area contributed by atoms with Crippen LogP contribution in [0.15, 0.2) is 57.7 Å². The number of hydrogen-bond acceptors (Lipinski definition) is 4. The Labute approximate surface area is 126 Å². The smallest absolute Gasteiger partial charge is 0.420 e. The molecule has 5 nitrogen and oxygen atoms in total. The minimum absolute atomic E-state index is 0.0541. The molecule has 0 aliphatic rings. The molecule has 3 aromatic rings. The first-order chi connectivity index (χ1) is 10.7. The van der Waals surface area contributed by atoms with E-state index in [0.717, 1.165) is 5.52 Å². The molecular weight excluding hydrogens is 282 g/mol. The second-order valence-electron chi connectivity index (χ2n) is 4.89. The van der Waals surface area contributed by atoms with Crippen molar-refractivity contribution in [2.24, 2.45) is 0 Å². The van der Waals surface area contributed by atoms with Crippen molar-refractivity contribution in [2.75, 3.05) is 6.61 Å². The van der Waals surface area contributed by atoms with E-state index in [9.17, 15) is 9.59 Å². The highest BCUT2D eigenvalue weighted by atomic mass is 16.5. The van der Waals surface area contributed by atoms with Crippen LogP contribution in [-0.4, -0.2) is 17.0 Å². The van der Waals surface area contributed by atoms with Gasteiger partial charge in [-0.3, -0.25) is 9.36 Å². The maximum Gasteiger partial charge on any atom is 0.420 e. The van der Waals surface area contributed by atoms with Gasteiger partial charge in [-0.2, -0.15) is 0 Å². The summed E-state index contributed by atoms with van der Waals surface area (Å²) in [5, 5.41) is 0.